The summed E-state index contributed by atoms with van der Waals surface area (Å²) < 4.78 is 63.1. The fraction of sp³-hybridized carbons (Fsp3) is 0.500. The molecule has 0 atom stereocenters. The summed E-state index contributed by atoms with van der Waals surface area (Å²) in [4.78, 5) is 0.965. The molecule has 0 saturated heterocycles. The molecule has 0 amide bonds. The standard InChI is InChI=1S/C12H14F5NO/c13-10-3-2-9(11(14)6-10)7-18(4-1-5-19)8-12(15,16)17/h2-3,6,19H,1,4-5,7-8H2. The molecule has 7 heteroatoms. The van der Waals surface area contributed by atoms with E-state index in [4.69, 9.17) is 5.11 Å². The SMILES string of the molecule is OCCCN(Cc1ccc(F)cc1F)CC(F)(F)F. The van der Waals surface area contributed by atoms with Crippen molar-refractivity contribution in [2.24, 2.45) is 0 Å². The summed E-state index contributed by atoms with van der Waals surface area (Å²) in [6.45, 7) is -1.76. The third-order valence-electron chi connectivity index (χ3n) is 2.44. The second-order valence-electron chi connectivity index (χ2n) is 4.14. The Labute approximate surface area is 107 Å². The number of hydrogen-bond acceptors (Lipinski definition) is 2. The van der Waals surface area contributed by atoms with Gasteiger partial charge in [0.1, 0.15) is 11.6 Å². The minimum absolute atomic E-state index is 0.0106. The van der Waals surface area contributed by atoms with E-state index in [1.807, 2.05) is 0 Å². The van der Waals surface area contributed by atoms with E-state index in [0.29, 0.717) is 6.07 Å². The Morgan fingerprint density at radius 2 is 1.84 bits per heavy atom. The zero-order valence-electron chi connectivity index (χ0n) is 10.1. The maximum Gasteiger partial charge on any atom is 0.401 e. The van der Waals surface area contributed by atoms with Crippen LogP contribution in [0.5, 0.6) is 0 Å². The van der Waals surface area contributed by atoms with E-state index >= 15 is 0 Å². The van der Waals surface area contributed by atoms with Crippen LogP contribution in [0.25, 0.3) is 0 Å². The predicted octanol–water partition coefficient (Wildman–Crippen LogP) is 2.71. The van der Waals surface area contributed by atoms with E-state index in [1.165, 1.54) is 0 Å². The molecule has 2 nitrogen and oxygen atoms in total. The van der Waals surface area contributed by atoms with Gasteiger partial charge in [-0.2, -0.15) is 13.2 Å². The number of rotatable bonds is 6. The molecule has 0 aromatic heterocycles. The summed E-state index contributed by atoms with van der Waals surface area (Å²) in [5, 5.41) is 8.64. The molecule has 0 aliphatic rings. The Kier molecular flexibility index (Phi) is 5.68. The van der Waals surface area contributed by atoms with Crippen molar-refractivity contribution in [1.82, 2.24) is 4.90 Å². The van der Waals surface area contributed by atoms with E-state index in [2.05, 4.69) is 0 Å². The van der Waals surface area contributed by atoms with Crippen LogP contribution in [0, 0.1) is 11.6 Å². The van der Waals surface area contributed by atoms with Crippen LogP contribution in [0.1, 0.15) is 12.0 Å². The Hall–Kier alpha value is -1.21. The molecular weight excluding hydrogens is 269 g/mol. The number of halogens is 5. The monoisotopic (exact) mass is 283 g/mol. The van der Waals surface area contributed by atoms with Gasteiger partial charge in [0.05, 0.1) is 6.54 Å². The fourth-order valence-corrected chi connectivity index (χ4v) is 1.65. The minimum Gasteiger partial charge on any atom is -0.396 e. The van der Waals surface area contributed by atoms with Gasteiger partial charge in [0.2, 0.25) is 0 Å². The molecule has 19 heavy (non-hydrogen) atoms. The number of hydrogen-bond donors (Lipinski definition) is 1. The van der Waals surface area contributed by atoms with E-state index < -0.39 is 24.4 Å². The Bertz CT molecular complexity index is 408. The largest absolute Gasteiger partial charge is 0.401 e. The van der Waals surface area contributed by atoms with E-state index in [1.54, 1.807) is 0 Å². The fourth-order valence-electron chi connectivity index (χ4n) is 1.65. The van der Waals surface area contributed by atoms with Crippen molar-refractivity contribution in [2.45, 2.75) is 19.1 Å². The number of nitrogens with zero attached hydrogens (tertiary/aromatic N) is 1. The number of benzene rings is 1. The molecule has 0 fully saturated rings. The van der Waals surface area contributed by atoms with Crippen molar-refractivity contribution >= 4 is 0 Å². The zero-order valence-corrected chi connectivity index (χ0v) is 10.1. The number of aliphatic hydroxyl groups is 1. The normalized spacial score (nSPS) is 12.2. The first kappa shape index (κ1) is 15.8. The first-order valence-corrected chi connectivity index (χ1v) is 5.65. The molecule has 1 rings (SSSR count). The Balaban J connectivity index is 2.75. The summed E-state index contributed by atoms with van der Waals surface area (Å²) in [6, 6.07) is 2.75. The van der Waals surface area contributed by atoms with Crippen LogP contribution < -0.4 is 0 Å². The maximum atomic E-state index is 13.4. The topological polar surface area (TPSA) is 23.5 Å². The van der Waals surface area contributed by atoms with Gasteiger partial charge in [0.25, 0.3) is 0 Å². The molecular formula is C12H14F5NO. The predicted molar refractivity (Wildman–Crippen MR) is 59.4 cm³/mol. The highest BCUT2D eigenvalue weighted by Crippen LogP contribution is 2.19. The zero-order chi connectivity index (χ0) is 14.5. The van der Waals surface area contributed by atoms with Crippen molar-refractivity contribution in [1.29, 1.82) is 0 Å². The van der Waals surface area contributed by atoms with Gasteiger partial charge in [-0.3, -0.25) is 4.90 Å². The van der Waals surface area contributed by atoms with E-state index in [9.17, 15) is 22.0 Å². The van der Waals surface area contributed by atoms with Gasteiger partial charge >= 0.3 is 6.18 Å². The Morgan fingerprint density at radius 1 is 1.16 bits per heavy atom. The summed E-state index contributed by atoms with van der Waals surface area (Å²) in [5.74, 6) is -1.66. The van der Waals surface area contributed by atoms with Crippen LogP contribution in [0.4, 0.5) is 22.0 Å². The first-order chi connectivity index (χ1) is 8.81. The summed E-state index contributed by atoms with van der Waals surface area (Å²) in [5.41, 5.74) is -0.0106. The van der Waals surface area contributed by atoms with Crippen molar-refractivity contribution in [3.8, 4) is 0 Å². The average Bonchev–Trinajstić information content (AvgIpc) is 2.27. The highest BCUT2D eigenvalue weighted by atomic mass is 19.4. The highest BCUT2D eigenvalue weighted by molar-refractivity contribution is 5.18. The summed E-state index contributed by atoms with van der Waals surface area (Å²) in [7, 11) is 0. The number of alkyl halides is 3. The van der Waals surface area contributed by atoms with Gasteiger partial charge in [-0.05, 0) is 12.5 Å². The molecule has 0 heterocycles. The molecule has 0 unspecified atom stereocenters. The van der Waals surface area contributed by atoms with Gasteiger partial charge in [-0.1, -0.05) is 6.07 Å². The molecule has 1 N–H and O–H groups in total. The summed E-state index contributed by atoms with van der Waals surface area (Å²) in [6.07, 6.45) is -4.26. The van der Waals surface area contributed by atoms with Gasteiger partial charge < -0.3 is 5.11 Å². The van der Waals surface area contributed by atoms with Gasteiger partial charge in [0.15, 0.2) is 0 Å². The molecule has 1 aromatic carbocycles. The van der Waals surface area contributed by atoms with Crippen LogP contribution in [0.2, 0.25) is 0 Å². The highest BCUT2D eigenvalue weighted by Gasteiger charge is 2.30. The second-order valence-corrected chi connectivity index (χ2v) is 4.14. The third kappa shape index (κ3) is 5.98. The van der Waals surface area contributed by atoms with Crippen molar-refractivity contribution < 1.29 is 27.1 Å². The molecule has 0 spiro atoms. The lowest BCUT2D eigenvalue weighted by Crippen LogP contribution is -2.35. The maximum absolute atomic E-state index is 13.4. The first-order valence-electron chi connectivity index (χ1n) is 5.65. The van der Waals surface area contributed by atoms with Crippen molar-refractivity contribution in [3.63, 3.8) is 0 Å². The number of aliphatic hydroxyl groups excluding tert-OH is 1. The average molecular weight is 283 g/mol. The molecule has 1 aromatic rings. The summed E-state index contributed by atoms with van der Waals surface area (Å²) >= 11 is 0. The van der Waals surface area contributed by atoms with Crippen LogP contribution in [0.3, 0.4) is 0 Å². The lowest BCUT2D eigenvalue weighted by atomic mass is 10.2. The molecule has 0 aliphatic heterocycles. The smallest absolute Gasteiger partial charge is 0.396 e. The molecule has 108 valence electrons. The van der Waals surface area contributed by atoms with Gasteiger partial charge in [0, 0.05) is 31.3 Å². The van der Waals surface area contributed by atoms with Crippen LogP contribution >= 0.6 is 0 Å². The molecule has 0 saturated carbocycles. The van der Waals surface area contributed by atoms with Crippen molar-refractivity contribution in [3.05, 3.63) is 35.4 Å². The lowest BCUT2D eigenvalue weighted by molar-refractivity contribution is -0.147. The molecule has 0 aliphatic carbocycles. The van der Waals surface area contributed by atoms with Gasteiger partial charge in [-0.25, -0.2) is 8.78 Å². The van der Waals surface area contributed by atoms with Crippen LogP contribution in [0.15, 0.2) is 18.2 Å². The molecule has 0 bridgehead atoms. The van der Waals surface area contributed by atoms with E-state index in [0.717, 1.165) is 17.0 Å². The lowest BCUT2D eigenvalue weighted by Gasteiger charge is -2.23. The van der Waals surface area contributed by atoms with Crippen LogP contribution in [-0.4, -0.2) is 35.9 Å². The third-order valence-corrected chi connectivity index (χ3v) is 2.44. The quantitative estimate of drug-likeness (QED) is 0.811. The van der Waals surface area contributed by atoms with Crippen LogP contribution in [-0.2, 0) is 6.54 Å². The second kappa shape index (κ2) is 6.81. The molecule has 0 radical (unpaired) electrons. The minimum atomic E-state index is -4.41. The van der Waals surface area contributed by atoms with Gasteiger partial charge in [-0.15, -0.1) is 0 Å². The van der Waals surface area contributed by atoms with E-state index in [-0.39, 0.29) is 31.7 Å². The Morgan fingerprint density at radius 3 is 2.37 bits per heavy atom. The van der Waals surface area contributed by atoms with Crippen molar-refractivity contribution in [2.75, 3.05) is 19.7 Å².